The van der Waals surface area contributed by atoms with Gasteiger partial charge in [-0.2, -0.15) is 0 Å². The summed E-state index contributed by atoms with van der Waals surface area (Å²) >= 11 is 0. The molecule has 2 saturated carbocycles. The van der Waals surface area contributed by atoms with E-state index in [1.807, 2.05) is 0 Å². The lowest BCUT2D eigenvalue weighted by Crippen LogP contribution is -2.67. The van der Waals surface area contributed by atoms with E-state index in [4.69, 9.17) is 0 Å². The molecule has 1 N–H and O–H groups in total. The molecular weight excluding hydrogens is 244 g/mol. The van der Waals surface area contributed by atoms with Crippen LogP contribution < -0.4 is 5.32 Å². The Hall–Kier alpha value is -0.0800. The largest absolute Gasteiger partial charge is 0.308 e. The van der Waals surface area contributed by atoms with Gasteiger partial charge in [-0.1, -0.05) is 40.0 Å². The normalized spacial score (nSPS) is 38.7. The van der Waals surface area contributed by atoms with Crippen molar-refractivity contribution in [1.82, 2.24) is 10.2 Å². The highest BCUT2D eigenvalue weighted by atomic mass is 15.3. The Morgan fingerprint density at radius 2 is 1.85 bits per heavy atom. The minimum atomic E-state index is 0.468. The first-order valence-corrected chi connectivity index (χ1v) is 9.10. The molecule has 1 aliphatic heterocycles. The molecule has 3 aliphatic rings. The molecule has 1 spiro atoms. The summed E-state index contributed by atoms with van der Waals surface area (Å²) in [6.07, 6.45) is 11.5. The molecular formula is C18H34N2. The minimum Gasteiger partial charge on any atom is -0.308 e. The van der Waals surface area contributed by atoms with E-state index in [0.29, 0.717) is 5.54 Å². The average Bonchev–Trinajstić information content (AvgIpc) is 2.86. The first kappa shape index (κ1) is 14.8. The van der Waals surface area contributed by atoms with E-state index in [2.05, 4.69) is 31.0 Å². The fourth-order valence-corrected chi connectivity index (χ4v) is 5.02. The van der Waals surface area contributed by atoms with Gasteiger partial charge < -0.3 is 5.32 Å². The van der Waals surface area contributed by atoms with Gasteiger partial charge >= 0.3 is 0 Å². The smallest absolute Gasteiger partial charge is 0.0309 e. The molecule has 2 heteroatoms. The Bertz CT molecular complexity index is 319. The zero-order chi connectivity index (χ0) is 14.2. The molecule has 20 heavy (non-hydrogen) atoms. The summed E-state index contributed by atoms with van der Waals surface area (Å²) in [5.74, 6) is 1.73. The highest BCUT2D eigenvalue weighted by molar-refractivity contribution is 5.02. The van der Waals surface area contributed by atoms with Gasteiger partial charge in [0.25, 0.3) is 0 Å². The maximum absolute atomic E-state index is 3.99. The molecule has 0 aromatic carbocycles. The SMILES string of the molecule is CC1CCC(N2CC3(CCCCC3)NCC2C(C)C)C1. The van der Waals surface area contributed by atoms with E-state index >= 15 is 0 Å². The number of rotatable bonds is 2. The van der Waals surface area contributed by atoms with Crippen LogP contribution in [0.1, 0.15) is 72.1 Å². The summed E-state index contributed by atoms with van der Waals surface area (Å²) in [4.78, 5) is 2.94. The fraction of sp³-hybridized carbons (Fsp3) is 1.00. The lowest BCUT2D eigenvalue weighted by molar-refractivity contribution is 0.00687. The van der Waals surface area contributed by atoms with Crippen LogP contribution in [0.5, 0.6) is 0 Å². The third-order valence-electron chi connectivity index (χ3n) is 6.31. The molecule has 1 saturated heterocycles. The predicted octanol–water partition coefficient (Wildman–Crippen LogP) is 3.81. The van der Waals surface area contributed by atoms with Crippen LogP contribution in [0.15, 0.2) is 0 Å². The van der Waals surface area contributed by atoms with Gasteiger partial charge in [0.2, 0.25) is 0 Å². The van der Waals surface area contributed by atoms with Crippen molar-refractivity contribution in [2.45, 2.75) is 89.8 Å². The minimum absolute atomic E-state index is 0.468. The number of hydrogen-bond acceptors (Lipinski definition) is 2. The molecule has 3 atom stereocenters. The van der Waals surface area contributed by atoms with Crippen LogP contribution in [-0.4, -0.2) is 35.6 Å². The Labute approximate surface area is 125 Å². The second-order valence-electron chi connectivity index (χ2n) is 8.28. The zero-order valence-electron chi connectivity index (χ0n) is 13.8. The maximum atomic E-state index is 3.99. The van der Waals surface area contributed by atoms with E-state index in [1.165, 1.54) is 64.5 Å². The second-order valence-corrected chi connectivity index (χ2v) is 8.28. The highest BCUT2D eigenvalue weighted by Crippen LogP contribution is 2.38. The van der Waals surface area contributed by atoms with E-state index < -0.39 is 0 Å². The monoisotopic (exact) mass is 278 g/mol. The molecule has 0 radical (unpaired) electrons. The second kappa shape index (κ2) is 5.96. The van der Waals surface area contributed by atoms with Gasteiger partial charge in [0.1, 0.15) is 0 Å². The molecule has 3 unspecified atom stereocenters. The summed E-state index contributed by atoms with van der Waals surface area (Å²) < 4.78 is 0. The summed E-state index contributed by atoms with van der Waals surface area (Å²) in [6, 6.07) is 1.64. The molecule has 2 aliphatic carbocycles. The van der Waals surface area contributed by atoms with Crippen molar-refractivity contribution in [2.24, 2.45) is 11.8 Å². The molecule has 116 valence electrons. The van der Waals surface area contributed by atoms with Gasteiger partial charge in [0.15, 0.2) is 0 Å². The summed E-state index contributed by atoms with van der Waals surface area (Å²) in [7, 11) is 0. The first-order valence-electron chi connectivity index (χ1n) is 9.10. The standard InChI is InChI=1S/C18H34N2/c1-14(2)17-12-19-18(9-5-4-6-10-18)13-20(17)16-8-7-15(3)11-16/h14-17,19H,4-13H2,1-3H3. The van der Waals surface area contributed by atoms with Crippen molar-refractivity contribution in [3.63, 3.8) is 0 Å². The van der Waals surface area contributed by atoms with Crippen molar-refractivity contribution in [2.75, 3.05) is 13.1 Å². The van der Waals surface area contributed by atoms with E-state index in [0.717, 1.165) is 23.9 Å². The molecule has 2 nitrogen and oxygen atoms in total. The van der Waals surface area contributed by atoms with Crippen LogP contribution >= 0.6 is 0 Å². The van der Waals surface area contributed by atoms with Gasteiger partial charge in [0.05, 0.1) is 0 Å². The van der Waals surface area contributed by atoms with Crippen molar-refractivity contribution < 1.29 is 0 Å². The third-order valence-corrected chi connectivity index (χ3v) is 6.31. The fourth-order valence-electron chi connectivity index (χ4n) is 5.02. The molecule has 3 rings (SSSR count). The van der Waals surface area contributed by atoms with Crippen molar-refractivity contribution in [3.05, 3.63) is 0 Å². The van der Waals surface area contributed by atoms with Crippen molar-refractivity contribution in [3.8, 4) is 0 Å². The Balaban J connectivity index is 1.74. The number of nitrogens with zero attached hydrogens (tertiary/aromatic N) is 1. The molecule has 0 amide bonds. The maximum Gasteiger partial charge on any atom is 0.0309 e. The van der Waals surface area contributed by atoms with Gasteiger partial charge in [0, 0.05) is 30.7 Å². The number of hydrogen-bond donors (Lipinski definition) is 1. The lowest BCUT2D eigenvalue weighted by Gasteiger charge is -2.53. The molecule has 0 bridgehead atoms. The van der Waals surface area contributed by atoms with Crippen LogP contribution in [0, 0.1) is 11.8 Å². The molecule has 1 heterocycles. The molecule has 0 aromatic heterocycles. The Kier molecular flexibility index (Phi) is 4.42. The van der Waals surface area contributed by atoms with Crippen LogP contribution in [-0.2, 0) is 0 Å². The van der Waals surface area contributed by atoms with Gasteiger partial charge in [-0.15, -0.1) is 0 Å². The zero-order valence-corrected chi connectivity index (χ0v) is 13.8. The Morgan fingerprint density at radius 1 is 1.10 bits per heavy atom. The van der Waals surface area contributed by atoms with E-state index in [1.54, 1.807) is 0 Å². The topological polar surface area (TPSA) is 15.3 Å². The van der Waals surface area contributed by atoms with Crippen LogP contribution in [0.3, 0.4) is 0 Å². The predicted molar refractivity (Wildman–Crippen MR) is 86.0 cm³/mol. The number of nitrogens with one attached hydrogen (secondary N) is 1. The van der Waals surface area contributed by atoms with Crippen LogP contribution in [0.4, 0.5) is 0 Å². The lowest BCUT2D eigenvalue weighted by atomic mass is 9.78. The van der Waals surface area contributed by atoms with Gasteiger partial charge in [-0.25, -0.2) is 0 Å². The summed E-state index contributed by atoms with van der Waals surface area (Å²) in [5, 5.41) is 3.99. The quantitative estimate of drug-likeness (QED) is 0.826. The summed E-state index contributed by atoms with van der Waals surface area (Å²) in [5.41, 5.74) is 0.468. The summed E-state index contributed by atoms with van der Waals surface area (Å²) in [6.45, 7) is 9.83. The van der Waals surface area contributed by atoms with Crippen LogP contribution in [0.25, 0.3) is 0 Å². The van der Waals surface area contributed by atoms with Crippen molar-refractivity contribution >= 4 is 0 Å². The van der Waals surface area contributed by atoms with Crippen molar-refractivity contribution in [1.29, 1.82) is 0 Å². The van der Waals surface area contributed by atoms with E-state index in [-0.39, 0.29) is 0 Å². The third kappa shape index (κ3) is 2.92. The van der Waals surface area contributed by atoms with Gasteiger partial charge in [-0.05, 0) is 43.9 Å². The van der Waals surface area contributed by atoms with E-state index in [9.17, 15) is 0 Å². The van der Waals surface area contributed by atoms with Crippen LogP contribution in [0.2, 0.25) is 0 Å². The molecule has 3 fully saturated rings. The number of piperazine rings is 1. The molecule has 0 aromatic rings. The highest BCUT2D eigenvalue weighted by Gasteiger charge is 2.43. The average molecular weight is 278 g/mol. The van der Waals surface area contributed by atoms with Gasteiger partial charge in [-0.3, -0.25) is 4.90 Å². The first-order chi connectivity index (χ1) is 9.60. The Morgan fingerprint density at radius 3 is 2.45 bits per heavy atom.